The van der Waals surface area contributed by atoms with Gasteiger partial charge in [0.05, 0.1) is 0 Å². The molecule has 2 aromatic heterocycles. The molecule has 275 valence electrons. The smallest absolute Gasteiger partial charge is 1.00 e. The van der Waals surface area contributed by atoms with Gasteiger partial charge < -0.3 is 34.8 Å². The standard InChI is InChI=1S/2C24H19N2.2ClH.Co/c2*1-4-12-20(13-5-1)24(21-14-6-2-7-15-21,22-16-8-3-9-17-22)26-23-18-10-11-19-25-23;;;/h2*1-17,19H,(H,25,26);2*1H;/q2*-1;;;+2/p-2. The molecule has 6 aromatic carbocycles. The van der Waals surface area contributed by atoms with E-state index in [1.807, 2.05) is 73.1 Å². The molecule has 55 heavy (non-hydrogen) atoms. The Hall–Kier alpha value is -5.69. The molecule has 0 aliphatic carbocycles. The predicted octanol–water partition coefficient (Wildman–Crippen LogP) is 3.42. The van der Waals surface area contributed by atoms with E-state index in [4.69, 9.17) is 9.98 Å². The molecule has 2 heterocycles. The van der Waals surface area contributed by atoms with Gasteiger partial charge in [0.1, 0.15) is 11.1 Å². The zero-order chi connectivity index (χ0) is 35.3. The second kappa shape index (κ2) is 20.7. The van der Waals surface area contributed by atoms with Gasteiger partial charge in [-0.15, -0.1) is 0 Å². The number of benzene rings is 6. The molecule has 0 bridgehead atoms. The van der Waals surface area contributed by atoms with Crippen LogP contribution in [0.1, 0.15) is 33.4 Å². The summed E-state index contributed by atoms with van der Waals surface area (Å²) in [6, 6.07) is 76.5. The zero-order valence-electron chi connectivity index (χ0n) is 29.8. The summed E-state index contributed by atoms with van der Waals surface area (Å²) in [5.41, 5.74) is 6.80. The number of aromatic nitrogens is 2. The average molecular weight is 801 g/mol. The summed E-state index contributed by atoms with van der Waals surface area (Å²) in [7, 11) is 0. The summed E-state index contributed by atoms with van der Waals surface area (Å²) >= 11 is 0. The number of H-pyrrole nitrogens is 2. The molecule has 7 heteroatoms. The molecule has 2 N–H and O–H groups in total. The first-order valence-electron chi connectivity index (χ1n) is 17.3. The van der Waals surface area contributed by atoms with Crippen LogP contribution in [0.5, 0.6) is 0 Å². The van der Waals surface area contributed by atoms with Crippen molar-refractivity contribution in [2.45, 2.75) is 11.1 Å². The average Bonchev–Trinajstić information content (AvgIpc) is 3.25. The molecule has 0 saturated carbocycles. The van der Waals surface area contributed by atoms with E-state index in [0.717, 1.165) is 33.4 Å². The van der Waals surface area contributed by atoms with E-state index in [2.05, 4.69) is 168 Å². The Bertz CT molecular complexity index is 2000. The van der Waals surface area contributed by atoms with Crippen LogP contribution < -0.4 is 35.8 Å². The van der Waals surface area contributed by atoms with Crippen molar-refractivity contribution in [3.8, 4) is 0 Å². The number of rotatable bonds is 8. The van der Waals surface area contributed by atoms with Crippen LogP contribution in [0.3, 0.4) is 0 Å². The van der Waals surface area contributed by atoms with Crippen LogP contribution in [-0.2, 0) is 27.9 Å². The van der Waals surface area contributed by atoms with Crippen molar-refractivity contribution in [1.29, 1.82) is 0 Å². The van der Waals surface area contributed by atoms with Gasteiger partial charge in [-0.05, 0) is 33.4 Å². The van der Waals surface area contributed by atoms with Crippen LogP contribution in [0, 0.1) is 12.1 Å². The largest absolute Gasteiger partial charge is 2.00 e. The Kier molecular flexibility index (Phi) is 15.8. The monoisotopic (exact) mass is 799 g/mol. The number of hydrogen-bond acceptors (Lipinski definition) is 2. The van der Waals surface area contributed by atoms with Gasteiger partial charge in [0, 0.05) is 11.0 Å². The summed E-state index contributed by atoms with van der Waals surface area (Å²) in [4.78, 5) is 16.8. The molecule has 0 aliphatic heterocycles. The summed E-state index contributed by atoms with van der Waals surface area (Å²) < 4.78 is 0. The fourth-order valence-corrected chi connectivity index (χ4v) is 6.62. The maximum atomic E-state index is 5.19. The molecule has 8 aromatic rings. The molecule has 0 saturated heterocycles. The quantitative estimate of drug-likeness (QED) is 0.175. The summed E-state index contributed by atoms with van der Waals surface area (Å²) in [6.45, 7) is 0. The number of nitrogens with zero attached hydrogens (tertiary/aromatic N) is 2. The van der Waals surface area contributed by atoms with E-state index in [0.29, 0.717) is 11.0 Å². The molecule has 4 nitrogen and oxygen atoms in total. The third-order valence-electron chi connectivity index (χ3n) is 8.97. The number of pyridine rings is 2. The summed E-state index contributed by atoms with van der Waals surface area (Å²) in [5, 5.41) is 0. The molecule has 8 rings (SSSR count). The van der Waals surface area contributed by atoms with Gasteiger partial charge in [0.25, 0.3) is 0 Å². The fraction of sp³-hybridized carbons (Fsp3) is 0.0417. The first kappa shape index (κ1) is 42.1. The maximum Gasteiger partial charge on any atom is 2.00 e. The van der Waals surface area contributed by atoms with Gasteiger partial charge in [-0.1, -0.05) is 194 Å². The van der Waals surface area contributed by atoms with Crippen molar-refractivity contribution >= 4 is 0 Å². The molecule has 0 aliphatic rings. The van der Waals surface area contributed by atoms with Crippen LogP contribution in [0.25, 0.3) is 0 Å². The second-order valence-electron chi connectivity index (χ2n) is 12.2. The van der Waals surface area contributed by atoms with Gasteiger partial charge in [-0.25, -0.2) is 24.3 Å². The van der Waals surface area contributed by atoms with E-state index in [-0.39, 0.29) is 41.6 Å². The number of nitrogens with one attached hydrogen (secondary N) is 2. The van der Waals surface area contributed by atoms with Crippen molar-refractivity contribution in [3.05, 3.63) is 275 Å². The fourth-order valence-electron chi connectivity index (χ4n) is 6.62. The molecule has 0 atom stereocenters. The van der Waals surface area contributed by atoms with Crippen molar-refractivity contribution in [2.75, 3.05) is 0 Å². The molecule has 0 fully saturated rings. The number of halogens is 2. The van der Waals surface area contributed by atoms with Gasteiger partial charge in [0.2, 0.25) is 0 Å². The normalized spacial score (nSPS) is 11.4. The Labute approximate surface area is 345 Å². The molecule has 1 radical (unpaired) electrons. The van der Waals surface area contributed by atoms with Gasteiger partial charge in [-0.2, -0.15) is 12.1 Å². The van der Waals surface area contributed by atoms with E-state index < -0.39 is 11.1 Å². The first-order valence-corrected chi connectivity index (χ1v) is 17.3. The van der Waals surface area contributed by atoms with Crippen molar-refractivity contribution in [2.24, 2.45) is 9.98 Å². The molecular weight excluding hydrogens is 762 g/mol. The third kappa shape index (κ3) is 9.52. The second-order valence-corrected chi connectivity index (χ2v) is 12.2. The Morgan fingerprint density at radius 2 is 0.545 bits per heavy atom. The minimum atomic E-state index is -0.655. The molecule has 0 unspecified atom stereocenters. The van der Waals surface area contributed by atoms with Crippen molar-refractivity contribution in [1.82, 2.24) is 9.97 Å². The van der Waals surface area contributed by atoms with Crippen molar-refractivity contribution < 1.29 is 41.6 Å². The number of aromatic amines is 2. The third-order valence-corrected chi connectivity index (χ3v) is 8.97. The minimum Gasteiger partial charge on any atom is -1.00 e. The summed E-state index contributed by atoms with van der Waals surface area (Å²) in [6.07, 6.45) is 3.75. The zero-order valence-corrected chi connectivity index (χ0v) is 32.3. The first-order chi connectivity index (χ1) is 25.8. The van der Waals surface area contributed by atoms with Crippen LogP contribution in [0.15, 0.2) is 229 Å². The minimum absolute atomic E-state index is 0. The topological polar surface area (TPSA) is 56.3 Å². The van der Waals surface area contributed by atoms with Crippen LogP contribution >= 0.6 is 0 Å². The SMILES string of the molecule is [Cl-].[Cl-].[Co+2].[c-]1ccc[nH]c1=NC(c1ccccc1)(c1ccccc1)c1ccccc1.[c-]1ccc[nH]c1=NC(c1ccccc1)(c1ccccc1)c1ccccc1. The predicted molar refractivity (Wildman–Crippen MR) is 209 cm³/mol. The summed E-state index contributed by atoms with van der Waals surface area (Å²) in [5.74, 6) is 0. The number of hydrogen-bond donors (Lipinski definition) is 2. The van der Waals surface area contributed by atoms with Crippen LogP contribution in [0.2, 0.25) is 0 Å². The Morgan fingerprint density at radius 1 is 0.327 bits per heavy atom. The molecule has 0 spiro atoms. The van der Waals surface area contributed by atoms with E-state index in [1.54, 1.807) is 0 Å². The van der Waals surface area contributed by atoms with Gasteiger partial charge in [0.15, 0.2) is 0 Å². The Balaban J connectivity index is 0.000000232. The van der Waals surface area contributed by atoms with E-state index in [9.17, 15) is 0 Å². The van der Waals surface area contributed by atoms with Crippen LogP contribution in [0.4, 0.5) is 0 Å². The molecular formula is C48H38Cl2CoN4-2. The van der Waals surface area contributed by atoms with E-state index >= 15 is 0 Å². The van der Waals surface area contributed by atoms with Gasteiger partial charge >= 0.3 is 16.8 Å². The van der Waals surface area contributed by atoms with Gasteiger partial charge in [-0.3, -0.25) is 9.98 Å². The van der Waals surface area contributed by atoms with Crippen molar-refractivity contribution in [3.63, 3.8) is 0 Å². The van der Waals surface area contributed by atoms with Crippen LogP contribution in [-0.4, -0.2) is 9.97 Å². The Morgan fingerprint density at radius 3 is 0.727 bits per heavy atom. The van der Waals surface area contributed by atoms with E-state index in [1.165, 1.54) is 0 Å². The molecule has 0 amide bonds. The maximum absolute atomic E-state index is 5.19.